The number of halogens is 2. The summed E-state index contributed by atoms with van der Waals surface area (Å²) in [6, 6.07) is 22.3. The van der Waals surface area contributed by atoms with Crippen LogP contribution in [0, 0.1) is 17.2 Å². The van der Waals surface area contributed by atoms with Gasteiger partial charge < -0.3 is 24.8 Å². The van der Waals surface area contributed by atoms with Crippen molar-refractivity contribution in [2.24, 2.45) is 5.92 Å². The fourth-order valence-corrected chi connectivity index (χ4v) is 5.44. The first-order valence-corrected chi connectivity index (χ1v) is 15.8. The Kier molecular flexibility index (Phi) is 12.2. The number of nitrogens with zero attached hydrogens (tertiary/aromatic N) is 4. The Bertz CT molecular complexity index is 1640. The van der Waals surface area contributed by atoms with Crippen molar-refractivity contribution in [1.82, 2.24) is 19.8 Å². The highest BCUT2D eigenvalue weighted by Crippen LogP contribution is 2.27. The number of ether oxygens (including phenoxy) is 1. The molecule has 0 saturated heterocycles. The van der Waals surface area contributed by atoms with Gasteiger partial charge in [-0.2, -0.15) is 5.26 Å². The Morgan fingerprint density at radius 2 is 1.87 bits per heavy atom. The SMILES string of the molecule is CCC(C)C(CN(Cc1cccc(Cl)c1Cl)C(=S)Nc1ccc(OC)cc1)NC(=O)Cc1cncn1Cc1ccc(C#N)cc1. The quantitative estimate of drug-likeness (QED) is 0.148. The molecule has 1 amide bonds. The topological polar surface area (TPSA) is 95.2 Å². The number of carbonyl (C=O) groups is 1. The molecule has 234 valence electrons. The van der Waals surface area contributed by atoms with Crippen molar-refractivity contribution < 1.29 is 9.53 Å². The fraction of sp³-hybridized carbons (Fsp3) is 0.294. The molecule has 2 N–H and O–H groups in total. The molecule has 8 nitrogen and oxygen atoms in total. The number of amides is 1. The minimum atomic E-state index is -0.217. The summed E-state index contributed by atoms with van der Waals surface area (Å²) in [5.41, 5.74) is 4.04. The molecule has 2 atom stereocenters. The zero-order valence-electron chi connectivity index (χ0n) is 25.5. The molecule has 3 aromatic carbocycles. The minimum Gasteiger partial charge on any atom is -0.497 e. The molecule has 0 saturated carbocycles. The average Bonchev–Trinajstić information content (AvgIpc) is 3.48. The molecule has 0 fully saturated rings. The monoisotopic (exact) mass is 662 g/mol. The molecule has 11 heteroatoms. The Morgan fingerprint density at radius 1 is 1.13 bits per heavy atom. The summed E-state index contributed by atoms with van der Waals surface area (Å²) < 4.78 is 7.23. The van der Waals surface area contributed by atoms with E-state index in [4.69, 9.17) is 45.4 Å². The maximum Gasteiger partial charge on any atom is 0.226 e. The van der Waals surface area contributed by atoms with Gasteiger partial charge in [0.05, 0.1) is 41.5 Å². The van der Waals surface area contributed by atoms with Gasteiger partial charge in [0.1, 0.15) is 5.75 Å². The number of aromatic nitrogens is 2. The van der Waals surface area contributed by atoms with Crippen LogP contribution in [0.15, 0.2) is 79.3 Å². The summed E-state index contributed by atoms with van der Waals surface area (Å²) in [5.74, 6) is 0.780. The third-order valence-electron chi connectivity index (χ3n) is 7.69. The van der Waals surface area contributed by atoms with Crippen LogP contribution in [-0.2, 0) is 24.3 Å². The third kappa shape index (κ3) is 9.44. The molecular formula is C34H36Cl2N6O2S. The second-order valence-corrected chi connectivity index (χ2v) is 12.0. The average molecular weight is 664 g/mol. The Hall–Kier alpha value is -4.10. The molecule has 1 heterocycles. The second kappa shape index (κ2) is 16.3. The van der Waals surface area contributed by atoms with E-state index in [2.05, 4.69) is 35.5 Å². The smallest absolute Gasteiger partial charge is 0.226 e. The first kappa shape index (κ1) is 33.8. The summed E-state index contributed by atoms with van der Waals surface area (Å²) >= 11 is 18.8. The number of carbonyl (C=O) groups excluding carboxylic acids is 1. The molecule has 4 aromatic rings. The van der Waals surface area contributed by atoms with Crippen molar-refractivity contribution >= 4 is 52.1 Å². The lowest BCUT2D eigenvalue weighted by Crippen LogP contribution is -2.50. The van der Waals surface area contributed by atoms with E-state index in [1.807, 2.05) is 58.0 Å². The molecule has 45 heavy (non-hydrogen) atoms. The van der Waals surface area contributed by atoms with Gasteiger partial charge in [-0.05, 0) is 71.7 Å². The molecule has 0 aliphatic heterocycles. The van der Waals surface area contributed by atoms with Gasteiger partial charge in [-0.25, -0.2) is 4.98 Å². The highest BCUT2D eigenvalue weighted by atomic mass is 35.5. The number of nitrogens with one attached hydrogen (secondary N) is 2. The number of thiocarbonyl (C=S) groups is 1. The maximum atomic E-state index is 13.5. The van der Waals surface area contributed by atoms with Crippen LogP contribution in [0.5, 0.6) is 5.75 Å². The zero-order chi connectivity index (χ0) is 32.3. The summed E-state index contributed by atoms with van der Waals surface area (Å²) in [6.07, 6.45) is 4.44. The fourth-order valence-electron chi connectivity index (χ4n) is 4.80. The Balaban J connectivity index is 1.51. The van der Waals surface area contributed by atoms with Crippen molar-refractivity contribution in [3.8, 4) is 11.8 Å². The number of anilines is 1. The third-order valence-corrected chi connectivity index (χ3v) is 8.91. The lowest BCUT2D eigenvalue weighted by molar-refractivity contribution is -0.121. The molecule has 1 aromatic heterocycles. The summed E-state index contributed by atoms with van der Waals surface area (Å²) in [6.45, 7) is 5.59. The van der Waals surface area contributed by atoms with E-state index in [1.54, 1.807) is 37.8 Å². The van der Waals surface area contributed by atoms with Crippen LogP contribution >= 0.6 is 35.4 Å². The molecule has 0 bridgehead atoms. The maximum absolute atomic E-state index is 13.5. The summed E-state index contributed by atoms with van der Waals surface area (Å²) in [5, 5.41) is 17.1. The molecule has 0 radical (unpaired) electrons. The lowest BCUT2D eigenvalue weighted by Gasteiger charge is -2.33. The number of imidazole rings is 1. The molecule has 0 aliphatic rings. The van der Waals surface area contributed by atoms with E-state index in [0.29, 0.717) is 40.4 Å². The van der Waals surface area contributed by atoms with Crippen LogP contribution in [0.25, 0.3) is 0 Å². The van der Waals surface area contributed by atoms with Gasteiger partial charge in [0.25, 0.3) is 0 Å². The van der Waals surface area contributed by atoms with Crippen LogP contribution in [0.4, 0.5) is 5.69 Å². The van der Waals surface area contributed by atoms with Gasteiger partial charge in [0.15, 0.2) is 5.11 Å². The van der Waals surface area contributed by atoms with Crippen molar-refractivity contribution in [3.05, 3.63) is 112 Å². The van der Waals surface area contributed by atoms with Crippen molar-refractivity contribution in [3.63, 3.8) is 0 Å². The first-order chi connectivity index (χ1) is 21.7. The molecule has 4 rings (SSSR count). The van der Waals surface area contributed by atoms with Crippen LogP contribution in [0.1, 0.15) is 42.7 Å². The molecule has 0 spiro atoms. The Labute approximate surface area is 279 Å². The van der Waals surface area contributed by atoms with E-state index < -0.39 is 0 Å². The summed E-state index contributed by atoms with van der Waals surface area (Å²) in [4.78, 5) is 19.8. The Morgan fingerprint density at radius 3 is 2.53 bits per heavy atom. The normalized spacial score (nSPS) is 12.1. The number of hydrogen-bond donors (Lipinski definition) is 2. The predicted molar refractivity (Wildman–Crippen MR) is 184 cm³/mol. The van der Waals surface area contributed by atoms with Gasteiger partial charge in [-0.3, -0.25) is 4.79 Å². The van der Waals surface area contributed by atoms with Gasteiger partial charge in [0.2, 0.25) is 5.91 Å². The lowest BCUT2D eigenvalue weighted by atomic mass is 9.98. The summed E-state index contributed by atoms with van der Waals surface area (Å²) in [7, 11) is 1.62. The van der Waals surface area contributed by atoms with Crippen LogP contribution in [0.2, 0.25) is 10.0 Å². The van der Waals surface area contributed by atoms with Crippen LogP contribution < -0.4 is 15.4 Å². The van der Waals surface area contributed by atoms with Crippen molar-refractivity contribution in [1.29, 1.82) is 5.26 Å². The van der Waals surface area contributed by atoms with Gasteiger partial charge in [-0.15, -0.1) is 0 Å². The standard InChI is InChI=1S/C34H36Cl2N6O2S/c1-4-23(2)31(40-32(43)16-28-18-38-22-42(28)19-25-10-8-24(17-37)9-11-25)21-41(20-26-6-5-7-30(35)33(26)36)34(45)39-27-12-14-29(44-3)15-13-27/h5-15,18,22-23,31H,4,16,19-21H2,1-3H3,(H,39,45)(H,40,43). The van der Waals surface area contributed by atoms with E-state index in [9.17, 15) is 4.79 Å². The van der Waals surface area contributed by atoms with Crippen LogP contribution in [0.3, 0.4) is 0 Å². The highest BCUT2D eigenvalue weighted by Gasteiger charge is 2.25. The van der Waals surface area contributed by atoms with E-state index in [0.717, 1.165) is 34.7 Å². The molecular weight excluding hydrogens is 627 g/mol. The number of nitriles is 1. The minimum absolute atomic E-state index is 0.114. The van der Waals surface area contributed by atoms with E-state index in [-0.39, 0.29) is 24.3 Å². The number of methoxy groups -OCH3 is 1. The second-order valence-electron chi connectivity index (χ2n) is 10.8. The van der Waals surface area contributed by atoms with Gasteiger partial charge >= 0.3 is 0 Å². The molecule has 2 unspecified atom stereocenters. The number of benzene rings is 3. The largest absolute Gasteiger partial charge is 0.497 e. The number of hydrogen-bond acceptors (Lipinski definition) is 5. The van der Waals surface area contributed by atoms with Crippen molar-refractivity contribution in [2.45, 2.75) is 45.8 Å². The molecule has 0 aliphatic carbocycles. The first-order valence-electron chi connectivity index (χ1n) is 14.6. The van der Waals surface area contributed by atoms with Crippen LogP contribution in [-0.4, -0.2) is 45.2 Å². The van der Waals surface area contributed by atoms with Gasteiger partial charge in [0, 0.05) is 43.3 Å². The number of rotatable bonds is 13. The van der Waals surface area contributed by atoms with E-state index >= 15 is 0 Å². The van der Waals surface area contributed by atoms with Crippen molar-refractivity contribution in [2.75, 3.05) is 19.0 Å². The van der Waals surface area contributed by atoms with E-state index in [1.165, 1.54) is 0 Å². The predicted octanol–water partition coefficient (Wildman–Crippen LogP) is 7.09. The van der Waals surface area contributed by atoms with Gasteiger partial charge in [-0.1, -0.05) is 67.7 Å². The zero-order valence-corrected chi connectivity index (χ0v) is 27.8. The highest BCUT2D eigenvalue weighted by molar-refractivity contribution is 7.80.